The molecule has 0 spiro atoms. The quantitative estimate of drug-likeness (QED) is 0.629. The van der Waals surface area contributed by atoms with Crippen LogP contribution in [0.2, 0.25) is 0 Å². The summed E-state index contributed by atoms with van der Waals surface area (Å²) in [4.78, 5) is 12.8. The molecule has 1 aromatic carbocycles. The summed E-state index contributed by atoms with van der Waals surface area (Å²) in [5.41, 5.74) is 6.94. The zero-order valence-corrected chi connectivity index (χ0v) is 11.9. The van der Waals surface area contributed by atoms with Gasteiger partial charge < -0.3 is 10.5 Å². The normalized spacial score (nSPS) is 11.8. The molecule has 4 heteroatoms. The standard InChI is InChI=1S/C14H17NO2S/c1-8-10-7-9(15)5-6-11(10)18-12(8)13(16)17-14(2,3)4/h5-7H,15H2,1-4H3. The lowest BCUT2D eigenvalue weighted by atomic mass is 10.1. The summed E-state index contributed by atoms with van der Waals surface area (Å²) in [6.45, 7) is 7.53. The zero-order chi connectivity index (χ0) is 13.5. The summed E-state index contributed by atoms with van der Waals surface area (Å²) in [6.07, 6.45) is 0. The monoisotopic (exact) mass is 263 g/mol. The molecule has 0 bridgehead atoms. The minimum absolute atomic E-state index is 0.264. The smallest absolute Gasteiger partial charge is 0.349 e. The third-order valence-electron chi connectivity index (χ3n) is 2.54. The number of aryl methyl sites for hydroxylation is 1. The van der Waals surface area contributed by atoms with Gasteiger partial charge in [0.25, 0.3) is 0 Å². The van der Waals surface area contributed by atoms with E-state index < -0.39 is 5.60 Å². The Morgan fingerprint density at radius 3 is 2.61 bits per heavy atom. The molecule has 2 N–H and O–H groups in total. The molecule has 18 heavy (non-hydrogen) atoms. The number of ether oxygens (including phenoxy) is 1. The highest BCUT2D eigenvalue weighted by Crippen LogP contribution is 2.33. The van der Waals surface area contributed by atoms with E-state index in [-0.39, 0.29) is 5.97 Å². The number of esters is 1. The van der Waals surface area contributed by atoms with Crippen LogP contribution in [-0.2, 0) is 4.74 Å². The molecule has 1 heterocycles. The van der Waals surface area contributed by atoms with Crippen LogP contribution in [-0.4, -0.2) is 11.6 Å². The van der Waals surface area contributed by atoms with Gasteiger partial charge in [-0.1, -0.05) is 0 Å². The van der Waals surface area contributed by atoms with Gasteiger partial charge in [-0.15, -0.1) is 11.3 Å². The van der Waals surface area contributed by atoms with Gasteiger partial charge in [0, 0.05) is 10.4 Å². The molecule has 0 amide bonds. The third-order valence-corrected chi connectivity index (χ3v) is 3.80. The maximum atomic E-state index is 12.1. The molecule has 0 fully saturated rings. The lowest BCUT2D eigenvalue weighted by molar-refractivity contribution is 0.00747. The summed E-state index contributed by atoms with van der Waals surface area (Å²) >= 11 is 1.45. The number of hydrogen-bond donors (Lipinski definition) is 1. The largest absolute Gasteiger partial charge is 0.456 e. The molecule has 0 saturated heterocycles. The topological polar surface area (TPSA) is 52.3 Å². The lowest BCUT2D eigenvalue weighted by Gasteiger charge is -2.19. The third kappa shape index (κ3) is 2.48. The highest BCUT2D eigenvalue weighted by atomic mass is 32.1. The number of thiophene rings is 1. The Kier molecular flexibility index (Phi) is 3.07. The van der Waals surface area contributed by atoms with Crippen LogP contribution in [0, 0.1) is 6.92 Å². The summed E-state index contributed by atoms with van der Waals surface area (Å²) < 4.78 is 6.46. The van der Waals surface area contributed by atoms with Crippen LogP contribution in [0.15, 0.2) is 18.2 Å². The molecule has 3 nitrogen and oxygen atoms in total. The van der Waals surface area contributed by atoms with E-state index in [0.717, 1.165) is 15.6 Å². The van der Waals surface area contributed by atoms with Crippen molar-refractivity contribution in [3.8, 4) is 0 Å². The maximum absolute atomic E-state index is 12.1. The van der Waals surface area contributed by atoms with Gasteiger partial charge >= 0.3 is 5.97 Å². The molecule has 0 atom stereocenters. The van der Waals surface area contributed by atoms with Gasteiger partial charge in [-0.3, -0.25) is 0 Å². The van der Waals surface area contributed by atoms with Gasteiger partial charge in [0.05, 0.1) is 0 Å². The van der Waals surface area contributed by atoms with E-state index >= 15 is 0 Å². The second-order valence-electron chi connectivity index (χ2n) is 5.31. The van der Waals surface area contributed by atoms with E-state index in [1.54, 1.807) is 0 Å². The Balaban J connectivity index is 2.46. The Morgan fingerprint density at radius 2 is 2.00 bits per heavy atom. The first-order valence-corrected chi connectivity index (χ1v) is 6.61. The zero-order valence-electron chi connectivity index (χ0n) is 11.0. The van der Waals surface area contributed by atoms with Crippen LogP contribution in [0.3, 0.4) is 0 Å². The van der Waals surface area contributed by atoms with Gasteiger partial charge in [0.15, 0.2) is 0 Å². The molecular weight excluding hydrogens is 246 g/mol. The molecule has 0 radical (unpaired) electrons. The molecular formula is C14H17NO2S. The van der Waals surface area contributed by atoms with Crippen LogP contribution in [0.25, 0.3) is 10.1 Å². The molecule has 96 valence electrons. The van der Waals surface area contributed by atoms with E-state index in [0.29, 0.717) is 10.6 Å². The summed E-state index contributed by atoms with van der Waals surface area (Å²) in [6, 6.07) is 5.68. The van der Waals surface area contributed by atoms with Crippen LogP contribution in [0.5, 0.6) is 0 Å². The molecule has 0 aliphatic heterocycles. The summed E-state index contributed by atoms with van der Waals surface area (Å²) in [5, 5.41) is 1.03. The Hall–Kier alpha value is -1.55. The number of hydrogen-bond acceptors (Lipinski definition) is 4. The van der Waals surface area contributed by atoms with Crippen LogP contribution in [0.1, 0.15) is 36.0 Å². The van der Waals surface area contributed by atoms with Crippen molar-refractivity contribution in [1.82, 2.24) is 0 Å². The van der Waals surface area contributed by atoms with Gasteiger partial charge in [-0.2, -0.15) is 0 Å². The van der Waals surface area contributed by atoms with Crippen molar-refractivity contribution in [3.05, 3.63) is 28.6 Å². The number of carbonyl (C=O) groups excluding carboxylic acids is 1. The van der Waals surface area contributed by atoms with E-state index in [4.69, 9.17) is 10.5 Å². The fraction of sp³-hybridized carbons (Fsp3) is 0.357. The van der Waals surface area contributed by atoms with Crippen molar-refractivity contribution < 1.29 is 9.53 Å². The highest BCUT2D eigenvalue weighted by molar-refractivity contribution is 7.21. The van der Waals surface area contributed by atoms with Crippen molar-refractivity contribution in [3.63, 3.8) is 0 Å². The SMILES string of the molecule is Cc1c(C(=O)OC(C)(C)C)sc2ccc(N)cc12. The summed E-state index contributed by atoms with van der Waals surface area (Å²) in [5.74, 6) is -0.264. The average molecular weight is 263 g/mol. The molecule has 2 aromatic rings. The minimum Gasteiger partial charge on any atom is -0.456 e. The molecule has 0 aliphatic carbocycles. The van der Waals surface area contributed by atoms with E-state index in [1.165, 1.54) is 11.3 Å². The first-order chi connectivity index (χ1) is 8.28. The first kappa shape index (κ1) is 12.9. The molecule has 0 aliphatic rings. The Morgan fingerprint density at radius 1 is 1.33 bits per heavy atom. The van der Waals surface area contributed by atoms with Crippen LogP contribution < -0.4 is 5.73 Å². The maximum Gasteiger partial charge on any atom is 0.349 e. The molecule has 0 unspecified atom stereocenters. The van der Waals surface area contributed by atoms with Crippen molar-refractivity contribution in [2.45, 2.75) is 33.3 Å². The molecule has 1 aromatic heterocycles. The van der Waals surface area contributed by atoms with Gasteiger partial charge in [0.1, 0.15) is 10.5 Å². The fourth-order valence-electron chi connectivity index (χ4n) is 1.76. The highest BCUT2D eigenvalue weighted by Gasteiger charge is 2.22. The number of nitrogen functional groups attached to an aromatic ring is 1. The van der Waals surface area contributed by atoms with E-state index in [9.17, 15) is 4.79 Å². The van der Waals surface area contributed by atoms with Crippen molar-refractivity contribution in [2.24, 2.45) is 0 Å². The molecule has 0 saturated carbocycles. The average Bonchev–Trinajstić information content (AvgIpc) is 2.54. The number of nitrogens with two attached hydrogens (primary N) is 1. The second kappa shape index (κ2) is 4.28. The van der Waals surface area contributed by atoms with Gasteiger partial charge in [-0.05, 0) is 56.8 Å². The predicted molar refractivity (Wildman–Crippen MR) is 76.1 cm³/mol. The van der Waals surface area contributed by atoms with Crippen molar-refractivity contribution in [2.75, 3.05) is 5.73 Å². The Labute approximate surface area is 111 Å². The number of fused-ring (bicyclic) bond motifs is 1. The number of anilines is 1. The summed E-state index contributed by atoms with van der Waals surface area (Å²) in [7, 11) is 0. The lowest BCUT2D eigenvalue weighted by Crippen LogP contribution is -2.23. The number of benzene rings is 1. The Bertz CT molecular complexity index is 608. The van der Waals surface area contributed by atoms with Gasteiger partial charge in [0.2, 0.25) is 0 Å². The van der Waals surface area contributed by atoms with Crippen molar-refractivity contribution >= 4 is 33.1 Å². The van der Waals surface area contributed by atoms with E-state index in [2.05, 4.69) is 0 Å². The van der Waals surface area contributed by atoms with Gasteiger partial charge in [-0.25, -0.2) is 4.79 Å². The van der Waals surface area contributed by atoms with Crippen molar-refractivity contribution in [1.29, 1.82) is 0 Å². The second-order valence-corrected chi connectivity index (χ2v) is 6.37. The number of carbonyl (C=O) groups is 1. The fourth-order valence-corrected chi connectivity index (χ4v) is 2.82. The molecule has 2 rings (SSSR count). The minimum atomic E-state index is -0.473. The first-order valence-electron chi connectivity index (χ1n) is 5.80. The van der Waals surface area contributed by atoms with E-state index in [1.807, 2.05) is 45.9 Å². The predicted octanol–water partition coefficient (Wildman–Crippen LogP) is 3.75. The van der Waals surface area contributed by atoms with Crippen LogP contribution >= 0.6 is 11.3 Å². The number of rotatable bonds is 1. The van der Waals surface area contributed by atoms with Crippen LogP contribution in [0.4, 0.5) is 5.69 Å².